The molecule has 0 fully saturated rings. The van der Waals surface area contributed by atoms with Gasteiger partial charge in [-0.15, -0.1) is 0 Å². The monoisotopic (exact) mass is 336 g/mol. The third-order valence-electron chi connectivity index (χ3n) is 3.40. The van der Waals surface area contributed by atoms with E-state index in [2.05, 4.69) is 41.4 Å². The van der Waals surface area contributed by atoms with Crippen LogP contribution >= 0.6 is 0 Å². The van der Waals surface area contributed by atoms with Gasteiger partial charge in [0.15, 0.2) is 0 Å². The summed E-state index contributed by atoms with van der Waals surface area (Å²) in [5.41, 5.74) is 2.42. The van der Waals surface area contributed by atoms with E-state index in [4.69, 9.17) is 0 Å². The molecule has 3 aromatic rings. The van der Waals surface area contributed by atoms with E-state index < -0.39 is 0 Å². The molecule has 0 amide bonds. The zero-order valence-electron chi connectivity index (χ0n) is 14.5. The van der Waals surface area contributed by atoms with E-state index >= 15 is 0 Å². The molecule has 2 aromatic carbocycles. The molecule has 0 aliphatic carbocycles. The SMILES string of the molecule is CC(C)(C)Nc1nc(Nc2ccc(F)cc2)cc(-c2ccccc2)n1. The first-order valence-electron chi connectivity index (χ1n) is 8.14. The standard InChI is InChI=1S/C20H21FN4/c1-20(2,3)25-19-23-17(14-7-5-4-6-8-14)13-18(24-19)22-16-11-9-15(21)10-12-16/h4-13H,1-3H3,(H2,22,23,24,25). The van der Waals surface area contributed by atoms with E-state index in [1.165, 1.54) is 12.1 Å². The lowest BCUT2D eigenvalue weighted by molar-refractivity contribution is 0.626. The average Bonchev–Trinajstić information content (AvgIpc) is 2.56. The Bertz CT molecular complexity index is 840. The molecule has 2 N–H and O–H groups in total. The van der Waals surface area contributed by atoms with Crippen LogP contribution < -0.4 is 10.6 Å². The van der Waals surface area contributed by atoms with Crippen LogP contribution in [0.2, 0.25) is 0 Å². The molecule has 5 heteroatoms. The lowest BCUT2D eigenvalue weighted by Crippen LogP contribution is -2.27. The molecule has 1 heterocycles. The van der Waals surface area contributed by atoms with Crippen LogP contribution in [-0.2, 0) is 0 Å². The van der Waals surface area contributed by atoms with Crippen molar-refractivity contribution in [3.8, 4) is 11.3 Å². The van der Waals surface area contributed by atoms with Gasteiger partial charge in [0, 0.05) is 22.9 Å². The normalized spacial score (nSPS) is 11.2. The summed E-state index contributed by atoms with van der Waals surface area (Å²) in [6, 6.07) is 18.0. The Morgan fingerprint density at radius 1 is 0.880 bits per heavy atom. The number of hydrogen-bond acceptors (Lipinski definition) is 4. The van der Waals surface area contributed by atoms with E-state index in [1.807, 2.05) is 36.4 Å². The summed E-state index contributed by atoms with van der Waals surface area (Å²) < 4.78 is 13.1. The zero-order valence-corrected chi connectivity index (χ0v) is 14.5. The second-order valence-electron chi connectivity index (χ2n) is 6.83. The Kier molecular flexibility index (Phi) is 4.65. The van der Waals surface area contributed by atoms with Crippen LogP contribution in [0.15, 0.2) is 60.7 Å². The molecule has 0 saturated carbocycles. The molecule has 0 unspecified atom stereocenters. The number of rotatable bonds is 4. The molecule has 25 heavy (non-hydrogen) atoms. The molecule has 0 saturated heterocycles. The Labute approximate surface area is 147 Å². The number of nitrogens with one attached hydrogen (secondary N) is 2. The minimum absolute atomic E-state index is 0.164. The summed E-state index contributed by atoms with van der Waals surface area (Å²) in [7, 11) is 0. The van der Waals surface area contributed by atoms with Crippen molar-refractivity contribution in [3.05, 3.63) is 66.5 Å². The molecular formula is C20H21FN4. The highest BCUT2D eigenvalue weighted by molar-refractivity contribution is 5.67. The highest BCUT2D eigenvalue weighted by Crippen LogP contribution is 2.24. The van der Waals surface area contributed by atoms with E-state index in [-0.39, 0.29) is 11.4 Å². The van der Waals surface area contributed by atoms with Gasteiger partial charge in [0.05, 0.1) is 5.69 Å². The van der Waals surface area contributed by atoms with Crippen molar-refractivity contribution in [2.24, 2.45) is 0 Å². The second-order valence-corrected chi connectivity index (χ2v) is 6.83. The number of hydrogen-bond donors (Lipinski definition) is 2. The van der Waals surface area contributed by atoms with Gasteiger partial charge >= 0.3 is 0 Å². The molecule has 0 radical (unpaired) electrons. The summed E-state index contributed by atoms with van der Waals surface area (Å²) in [4.78, 5) is 9.16. The predicted molar refractivity (Wildman–Crippen MR) is 101 cm³/mol. The average molecular weight is 336 g/mol. The summed E-state index contributed by atoms with van der Waals surface area (Å²) in [5, 5.41) is 6.51. The predicted octanol–water partition coefficient (Wildman–Crippen LogP) is 5.24. The van der Waals surface area contributed by atoms with Crippen molar-refractivity contribution in [1.82, 2.24) is 9.97 Å². The van der Waals surface area contributed by atoms with Crippen molar-refractivity contribution in [2.75, 3.05) is 10.6 Å². The molecule has 0 atom stereocenters. The van der Waals surface area contributed by atoms with Crippen LogP contribution in [0, 0.1) is 5.82 Å². The largest absolute Gasteiger partial charge is 0.350 e. The maximum Gasteiger partial charge on any atom is 0.225 e. The second kappa shape index (κ2) is 6.89. The number of nitrogens with zero attached hydrogens (tertiary/aromatic N) is 2. The first kappa shape index (κ1) is 16.9. The zero-order chi connectivity index (χ0) is 17.9. The van der Waals surface area contributed by atoms with Crippen LogP contribution in [0.1, 0.15) is 20.8 Å². The van der Waals surface area contributed by atoms with Gasteiger partial charge in [-0.3, -0.25) is 0 Å². The van der Waals surface area contributed by atoms with E-state index in [0.717, 1.165) is 16.9 Å². The fourth-order valence-corrected chi connectivity index (χ4v) is 2.34. The minimum atomic E-state index is -0.270. The van der Waals surface area contributed by atoms with Crippen molar-refractivity contribution >= 4 is 17.5 Å². The highest BCUT2D eigenvalue weighted by atomic mass is 19.1. The third-order valence-corrected chi connectivity index (χ3v) is 3.40. The van der Waals surface area contributed by atoms with E-state index in [0.29, 0.717) is 11.8 Å². The highest BCUT2D eigenvalue weighted by Gasteiger charge is 2.14. The van der Waals surface area contributed by atoms with Gasteiger partial charge in [0.25, 0.3) is 0 Å². The molecule has 3 rings (SSSR count). The van der Waals surface area contributed by atoms with Gasteiger partial charge in [-0.25, -0.2) is 9.37 Å². The van der Waals surface area contributed by atoms with E-state index in [9.17, 15) is 4.39 Å². The lowest BCUT2D eigenvalue weighted by Gasteiger charge is -2.21. The third kappa shape index (κ3) is 4.76. The number of benzene rings is 2. The molecule has 0 bridgehead atoms. The van der Waals surface area contributed by atoms with Crippen LogP contribution in [0.5, 0.6) is 0 Å². The first-order chi connectivity index (χ1) is 11.9. The van der Waals surface area contributed by atoms with Crippen LogP contribution in [0.25, 0.3) is 11.3 Å². The first-order valence-corrected chi connectivity index (χ1v) is 8.14. The Morgan fingerprint density at radius 3 is 2.20 bits per heavy atom. The number of aromatic nitrogens is 2. The number of halogens is 1. The Balaban J connectivity index is 1.98. The quantitative estimate of drug-likeness (QED) is 0.684. The Morgan fingerprint density at radius 2 is 1.56 bits per heavy atom. The van der Waals surface area contributed by atoms with Crippen molar-refractivity contribution < 1.29 is 4.39 Å². The van der Waals surface area contributed by atoms with Crippen molar-refractivity contribution in [3.63, 3.8) is 0 Å². The number of anilines is 3. The molecule has 128 valence electrons. The Hall–Kier alpha value is -2.95. The summed E-state index contributed by atoms with van der Waals surface area (Å²) in [6.07, 6.45) is 0. The molecule has 1 aromatic heterocycles. The van der Waals surface area contributed by atoms with Crippen molar-refractivity contribution in [2.45, 2.75) is 26.3 Å². The molecule has 4 nitrogen and oxygen atoms in total. The maximum absolute atomic E-state index is 13.1. The molecule has 0 aliphatic heterocycles. The lowest BCUT2D eigenvalue weighted by atomic mass is 10.1. The van der Waals surface area contributed by atoms with Gasteiger partial charge in [0.2, 0.25) is 5.95 Å². The maximum atomic E-state index is 13.1. The molecule has 0 spiro atoms. The van der Waals surface area contributed by atoms with Gasteiger partial charge in [-0.1, -0.05) is 30.3 Å². The smallest absolute Gasteiger partial charge is 0.225 e. The minimum Gasteiger partial charge on any atom is -0.350 e. The summed E-state index contributed by atoms with van der Waals surface area (Å²) in [6.45, 7) is 6.16. The fourth-order valence-electron chi connectivity index (χ4n) is 2.34. The van der Waals surface area contributed by atoms with Gasteiger partial charge in [-0.2, -0.15) is 4.98 Å². The summed E-state index contributed by atoms with van der Waals surface area (Å²) >= 11 is 0. The van der Waals surface area contributed by atoms with Crippen LogP contribution in [0.3, 0.4) is 0 Å². The topological polar surface area (TPSA) is 49.8 Å². The molecule has 0 aliphatic rings. The van der Waals surface area contributed by atoms with Crippen molar-refractivity contribution in [1.29, 1.82) is 0 Å². The molecular weight excluding hydrogens is 315 g/mol. The fraction of sp³-hybridized carbons (Fsp3) is 0.200. The summed E-state index contributed by atoms with van der Waals surface area (Å²) in [5.74, 6) is 0.916. The van der Waals surface area contributed by atoms with E-state index in [1.54, 1.807) is 12.1 Å². The van der Waals surface area contributed by atoms with Gasteiger partial charge < -0.3 is 10.6 Å². The van der Waals surface area contributed by atoms with Crippen LogP contribution in [0.4, 0.5) is 21.8 Å². The van der Waals surface area contributed by atoms with Crippen LogP contribution in [-0.4, -0.2) is 15.5 Å². The van der Waals surface area contributed by atoms with Gasteiger partial charge in [-0.05, 0) is 45.0 Å². The van der Waals surface area contributed by atoms with Gasteiger partial charge in [0.1, 0.15) is 11.6 Å².